The number of thiol groups is 1. The topological polar surface area (TPSA) is 0 Å². The number of rotatable bonds is 1. The molecule has 1 rings (SSSR count). The number of halogens is 5. The zero-order chi connectivity index (χ0) is 14.1. The highest BCUT2D eigenvalue weighted by molar-refractivity contribution is 9.10. The Kier molecular flexibility index (Phi) is 11.9. The SMILES string of the molecule is CC.CS.FC(F)(F)c1ccc(Br)c(CBr)c1. The first kappa shape index (κ1) is 19.7. The Morgan fingerprint density at radius 2 is 1.65 bits per heavy atom. The van der Waals surface area contributed by atoms with Crippen LogP contribution in [0.2, 0.25) is 0 Å². The molecule has 17 heavy (non-hydrogen) atoms. The van der Waals surface area contributed by atoms with Crippen molar-refractivity contribution in [2.75, 3.05) is 6.26 Å². The fourth-order valence-electron chi connectivity index (χ4n) is 0.853. The summed E-state index contributed by atoms with van der Waals surface area (Å²) in [5, 5.41) is 0.400. The van der Waals surface area contributed by atoms with E-state index in [2.05, 4.69) is 44.5 Å². The lowest BCUT2D eigenvalue weighted by atomic mass is 10.1. The van der Waals surface area contributed by atoms with E-state index in [1.54, 1.807) is 6.26 Å². The minimum Gasteiger partial charge on any atom is -0.183 e. The molecule has 0 aliphatic carbocycles. The normalized spacial score (nSPS) is 9.71. The summed E-state index contributed by atoms with van der Waals surface area (Å²) >= 11 is 9.80. The molecule has 100 valence electrons. The molecule has 0 atom stereocenters. The molecule has 0 aliphatic rings. The smallest absolute Gasteiger partial charge is 0.183 e. The van der Waals surface area contributed by atoms with E-state index < -0.39 is 11.7 Å². The van der Waals surface area contributed by atoms with Gasteiger partial charge in [-0.05, 0) is 30.0 Å². The summed E-state index contributed by atoms with van der Waals surface area (Å²) in [6, 6.07) is 3.58. The second kappa shape index (κ2) is 10.3. The van der Waals surface area contributed by atoms with Crippen molar-refractivity contribution in [1.29, 1.82) is 0 Å². The molecule has 1 aromatic carbocycles. The third-order valence-corrected chi connectivity index (χ3v) is 2.89. The monoisotopic (exact) mass is 394 g/mol. The van der Waals surface area contributed by atoms with Crippen molar-refractivity contribution in [2.45, 2.75) is 25.4 Å². The van der Waals surface area contributed by atoms with Gasteiger partial charge < -0.3 is 0 Å². The van der Waals surface area contributed by atoms with Gasteiger partial charge in [-0.15, -0.1) is 0 Å². The van der Waals surface area contributed by atoms with Crippen molar-refractivity contribution in [1.82, 2.24) is 0 Å². The van der Waals surface area contributed by atoms with E-state index in [1.165, 1.54) is 6.07 Å². The van der Waals surface area contributed by atoms with Crippen molar-refractivity contribution in [3.63, 3.8) is 0 Å². The van der Waals surface area contributed by atoms with E-state index in [4.69, 9.17) is 0 Å². The molecule has 6 heteroatoms. The van der Waals surface area contributed by atoms with Crippen LogP contribution in [0.4, 0.5) is 13.2 Å². The molecule has 0 spiro atoms. The van der Waals surface area contributed by atoms with Crippen molar-refractivity contribution in [3.8, 4) is 0 Å². The van der Waals surface area contributed by atoms with Gasteiger partial charge in [0.15, 0.2) is 0 Å². The Balaban J connectivity index is 0. The Labute approximate surface area is 123 Å². The molecule has 0 unspecified atom stereocenters. The largest absolute Gasteiger partial charge is 0.416 e. The van der Waals surface area contributed by atoms with Crippen LogP contribution in [0.3, 0.4) is 0 Å². The number of alkyl halides is 4. The zero-order valence-corrected chi connectivity index (χ0v) is 13.8. The van der Waals surface area contributed by atoms with Crippen LogP contribution >= 0.6 is 44.5 Å². The van der Waals surface area contributed by atoms with Gasteiger partial charge in [-0.1, -0.05) is 45.7 Å². The maximum atomic E-state index is 12.2. The van der Waals surface area contributed by atoms with E-state index in [0.29, 0.717) is 15.4 Å². The van der Waals surface area contributed by atoms with Gasteiger partial charge in [0.25, 0.3) is 0 Å². The first-order valence-corrected chi connectivity index (χ1v) is 7.62. The summed E-state index contributed by atoms with van der Waals surface area (Å²) < 4.78 is 37.3. The van der Waals surface area contributed by atoms with Crippen LogP contribution in [0.5, 0.6) is 0 Å². The third-order valence-electron chi connectivity index (χ3n) is 1.52. The van der Waals surface area contributed by atoms with Crippen LogP contribution < -0.4 is 0 Å². The van der Waals surface area contributed by atoms with Gasteiger partial charge in [-0.3, -0.25) is 0 Å². The molecule has 0 amide bonds. The second-order valence-corrected chi connectivity index (χ2v) is 3.85. The molecule has 0 fully saturated rings. The van der Waals surface area contributed by atoms with E-state index in [1.807, 2.05) is 13.8 Å². The molecule has 0 radical (unpaired) electrons. The van der Waals surface area contributed by atoms with E-state index in [0.717, 1.165) is 12.1 Å². The standard InChI is InChI=1S/C8H5Br2F3.C2H6.CH4S/c9-4-5-3-6(8(11,12)13)1-2-7(5)10;2*1-2/h1-3H,4H2;1-2H3;2H,1H3. The van der Waals surface area contributed by atoms with E-state index >= 15 is 0 Å². The fraction of sp³-hybridized carbons (Fsp3) is 0.455. The van der Waals surface area contributed by atoms with Gasteiger partial charge >= 0.3 is 6.18 Å². The van der Waals surface area contributed by atoms with Crippen LogP contribution in [0, 0.1) is 0 Å². The lowest BCUT2D eigenvalue weighted by Gasteiger charge is -2.08. The molecule has 0 heterocycles. The minimum absolute atomic E-state index is 0.400. The van der Waals surface area contributed by atoms with E-state index in [-0.39, 0.29) is 0 Å². The zero-order valence-electron chi connectivity index (χ0n) is 9.78. The summed E-state index contributed by atoms with van der Waals surface area (Å²) in [7, 11) is 0. The Morgan fingerprint density at radius 1 is 1.18 bits per heavy atom. The Morgan fingerprint density at radius 3 is 2.00 bits per heavy atom. The average Bonchev–Trinajstić information content (AvgIpc) is 2.33. The van der Waals surface area contributed by atoms with Gasteiger partial charge in [-0.2, -0.15) is 25.8 Å². The van der Waals surface area contributed by atoms with Gasteiger partial charge in [0, 0.05) is 9.80 Å². The Bertz CT molecular complexity index is 314. The predicted octanol–water partition coefficient (Wildman–Crippen LogP) is 5.94. The lowest BCUT2D eigenvalue weighted by Crippen LogP contribution is -2.05. The van der Waals surface area contributed by atoms with Crippen LogP contribution in [0.1, 0.15) is 25.0 Å². The Hall–Kier alpha value is 0.320. The lowest BCUT2D eigenvalue weighted by molar-refractivity contribution is -0.137. The predicted molar refractivity (Wildman–Crippen MR) is 78.0 cm³/mol. The van der Waals surface area contributed by atoms with Gasteiger partial charge in [-0.25, -0.2) is 0 Å². The molecule has 0 aromatic heterocycles. The third kappa shape index (κ3) is 7.36. The van der Waals surface area contributed by atoms with Crippen LogP contribution in [0.25, 0.3) is 0 Å². The summed E-state index contributed by atoms with van der Waals surface area (Å²) in [5.41, 5.74) is -0.0278. The maximum Gasteiger partial charge on any atom is 0.416 e. The molecular formula is C11H15Br2F3S. The fourth-order valence-corrected chi connectivity index (χ4v) is 2.08. The first-order valence-electron chi connectivity index (χ1n) is 4.81. The van der Waals surface area contributed by atoms with Crippen LogP contribution in [-0.2, 0) is 11.5 Å². The van der Waals surface area contributed by atoms with Crippen molar-refractivity contribution in [2.24, 2.45) is 0 Å². The van der Waals surface area contributed by atoms with Crippen molar-refractivity contribution < 1.29 is 13.2 Å². The summed E-state index contributed by atoms with van der Waals surface area (Å²) in [5.74, 6) is 0. The van der Waals surface area contributed by atoms with Gasteiger partial charge in [0.2, 0.25) is 0 Å². The molecule has 1 aromatic rings. The average molecular weight is 396 g/mol. The number of benzene rings is 1. The first-order chi connectivity index (χ1) is 7.95. The van der Waals surface area contributed by atoms with Crippen molar-refractivity contribution >= 4 is 44.5 Å². The molecule has 0 bridgehead atoms. The van der Waals surface area contributed by atoms with Crippen LogP contribution in [0.15, 0.2) is 22.7 Å². The molecular weight excluding hydrogens is 381 g/mol. The minimum atomic E-state index is -4.27. The molecule has 0 N–H and O–H groups in total. The maximum absolute atomic E-state index is 12.2. The highest BCUT2D eigenvalue weighted by Crippen LogP contribution is 2.32. The molecule has 0 saturated carbocycles. The number of hydrogen-bond donors (Lipinski definition) is 1. The highest BCUT2D eigenvalue weighted by Gasteiger charge is 2.30. The summed E-state index contributed by atoms with van der Waals surface area (Å²) in [6.07, 6.45) is -2.57. The highest BCUT2D eigenvalue weighted by atomic mass is 79.9. The van der Waals surface area contributed by atoms with Crippen molar-refractivity contribution in [3.05, 3.63) is 33.8 Å². The molecule has 0 saturated heterocycles. The summed E-state index contributed by atoms with van der Waals surface area (Å²) in [6.45, 7) is 4.00. The van der Waals surface area contributed by atoms with Gasteiger partial charge in [0.1, 0.15) is 0 Å². The van der Waals surface area contributed by atoms with E-state index in [9.17, 15) is 13.2 Å². The van der Waals surface area contributed by atoms with Gasteiger partial charge in [0.05, 0.1) is 5.56 Å². The quantitative estimate of drug-likeness (QED) is 0.441. The second-order valence-electron chi connectivity index (χ2n) is 2.44. The summed E-state index contributed by atoms with van der Waals surface area (Å²) in [4.78, 5) is 0. The molecule has 0 aliphatic heterocycles. The number of hydrogen-bond acceptors (Lipinski definition) is 1. The van der Waals surface area contributed by atoms with Crippen LogP contribution in [-0.4, -0.2) is 6.26 Å². The molecule has 0 nitrogen and oxygen atoms in total.